The fourth-order valence-electron chi connectivity index (χ4n) is 6.08. The van der Waals surface area contributed by atoms with E-state index in [0.717, 1.165) is 11.3 Å². The highest BCUT2D eigenvalue weighted by Crippen LogP contribution is 2.58. The highest BCUT2D eigenvalue weighted by atomic mass is 14.6. The fraction of sp³-hybridized carbons (Fsp3) is 0.438. The van der Waals surface area contributed by atoms with Gasteiger partial charge in [-0.3, -0.25) is 0 Å². The average molecular weight is 455 g/mol. The second-order valence-electron chi connectivity index (χ2n) is 10.1. The summed E-state index contributed by atoms with van der Waals surface area (Å²) in [6.45, 7) is 5.15. The number of unbranched alkanes of at least 4 members (excludes halogenated alkanes) is 6. The minimum Gasteiger partial charge on any atom is -0.398 e. The molecular weight excluding hydrogens is 412 g/mol. The molecule has 3 aromatic rings. The summed E-state index contributed by atoms with van der Waals surface area (Å²) >= 11 is 0. The van der Waals surface area contributed by atoms with Gasteiger partial charge in [0.25, 0.3) is 0 Å². The van der Waals surface area contributed by atoms with Crippen molar-refractivity contribution in [3.05, 3.63) is 77.4 Å². The molecule has 0 heterocycles. The molecule has 0 atom stereocenters. The molecule has 1 aliphatic rings. The summed E-state index contributed by atoms with van der Waals surface area (Å²) in [6.07, 6.45) is 12.7. The molecule has 2 heteroatoms. The van der Waals surface area contributed by atoms with Crippen LogP contribution in [0.25, 0.3) is 22.3 Å². The maximum atomic E-state index is 6.78. The van der Waals surface area contributed by atoms with E-state index in [0.29, 0.717) is 6.54 Å². The third-order valence-corrected chi connectivity index (χ3v) is 7.84. The summed E-state index contributed by atoms with van der Waals surface area (Å²) in [5, 5.41) is 0. The Morgan fingerprint density at radius 2 is 1.32 bits per heavy atom. The van der Waals surface area contributed by atoms with Crippen LogP contribution in [0.2, 0.25) is 0 Å². The third kappa shape index (κ3) is 4.66. The number of nitrogens with two attached hydrogens (primary N) is 2. The Balaban J connectivity index is 1.89. The van der Waals surface area contributed by atoms with Crippen molar-refractivity contribution in [1.29, 1.82) is 0 Å². The number of anilines is 1. The Morgan fingerprint density at radius 3 is 1.94 bits per heavy atom. The quantitative estimate of drug-likeness (QED) is 0.213. The zero-order valence-corrected chi connectivity index (χ0v) is 21.2. The van der Waals surface area contributed by atoms with Crippen LogP contribution in [0.1, 0.15) is 94.7 Å². The van der Waals surface area contributed by atoms with Crippen molar-refractivity contribution >= 4 is 5.69 Å². The fourth-order valence-corrected chi connectivity index (χ4v) is 6.08. The summed E-state index contributed by atoms with van der Waals surface area (Å²) in [5.41, 5.74) is 23.0. The Hall–Kier alpha value is -2.58. The largest absolute Gasteiger partial charge is 0.398 e. The van der Waals surface area contributed by atoms with Gasteiger partial charge >= 0.3 is 0 Å². The lowest BCUT2D eigenvalue weighted by atomic mass is 9.68. The van der Waals surface area contributed by atoms with Crippen molar-refractivity contribution in [1.82, 2.24) is 0 Å². The van der Waals surface area contributed by atoms with Crippen LogP contribution < -0.4 is 11.5 Å². The van der Waals surface area contributed by atoms with Crippen molar-refractivity contribution in [3.63, 3.8) is 0 Å². The summed E-state index contributed by atoms with van der Waals surface area (Å²) in [4.78, 5) is 0. The van der Waals surface area contributed by atoms with Gasteiger partial charge in [-0.1, -0.05) is 120 Å². The predicted molar refractivity (Wildman–Crippen MR) is 148 cm³/mol. The van der Waals surface area contributed by atoms with Gasteiger partial charge in [-0.2, -0.15) is 0 Å². The lowest BCUT2D eigenvalue weighted by molar-refractivity contribution is 0.402. The average Bonchev–Trinajstić information content (AvgIpc) is 3.15. The summed E-state index contributed by atoms with van der Waals surface area (Å²) in [7, 11) is 0. The predicted octanol–water partition coefficient (Wildman–Crippen LogP) is 8.60. The molecule has 1 aliphatic carbocycles. The number of hydrogen-bond donors (Lipinski definition) is 2. The minimum atomic E-state index is 0.0324. The zero-order valence-electron chi connectivity index (χ0n) is 21.2. The van der Waals surface area contributed by atoms with E-state index in [1.54, 1.807) is 0 Å². The first-order chi connectivity index (χ1) is 16.7. The number of benzene rings is 3. The van der Waals surface area contributed by atoms with Crippen LogP contribution in [0.15, 0.2) is 60.7 Å². The second kappa shape index (κ2) is 11.2. The van der Waals surface area contributed by atoms with Crippen LogP contribution in [0.4, 0.5) is 5.69 Å². The standard InChI is InChI=1S/C32H42N2/c1-3-5-7-11-21-32(22-12-8-6-4-2)28-14-10-9-13-26(28)27-19-20-29(34)30(31(27)32)25-17-15-24(23-33)16-18-25/h9-10,13-20H,3-8,11-12,21-23,33-34H2,1-2H3. The number of nitrogen functional groups attached to an aromatic ring is 1. The molecule has 3 aromatic carbocycles. The second-order valence-corrected chi connectivity index (χ2v) is 10.1. The summed E-state index contributed by atoms with van der Waals surface area (Å²) < 4.78 is 0. The van der Waals surface area contributed by atoms with E-state index in [-0.39, 0.29) is 5.41 Å². The molecule has 180 valence electrons. The van der Waals surface area contributed by atoms with Gasteiger partial charge in [-0.15, -0.1) is 0 Å². The van der Waals surface area contributed by atoms with E-state index in [9.17, 15) is 0 Å². The van der Waals surface area contributed by atoms with Crippen LogP contribution in [-0.4, -0.2) is 0 Å². The van der Waals surface area contributed by atoms with Gasteiger partial charge in [-0.05, 0) is 52.3 Å². The van der Waals surface area contributed by atoms with Crippen molar-refractivity contribution in [2.24, 2.45) is 5.73 Å². The Morgan fingerprint density at radius 1 is 0.676 bits per heavy atom. The van der Waals surface area contributed by atoms with Gasteiger partial charge < -0.3 is 11.5 Å². The molecule has 0 radical (unpaired) electrons. The molecule has 0 bridgehead atoms. The topological polar surface area (TPSA) is 52.0 Å². The van der Waals surface area contributed by atoms with Gasteiger partial charge in [0.2, 0.25) is 0 Å². The van der Waals surface area contributed by atoms with Crippen molar-refractivity contribution < 1.29 is 0 Å². The molecule has 4 rings (SSSR count). The van der Waals surface area contributed by atoms with Crippen LogP contribution >= 0.6 is 0 Å². The first-order valence-electron chi connectivity index (χ1n) is 13.5. The first kappa shape index (κ1) is 24.5. The zero-order chi connectivity index (χ0) is 24.0. The normalized spacial score (nSPS) is 13.6. The lowest BCUT2D eigenvalue weighted by Crippen LogP contribution is -2.26. The van der Waals surface area contributed by atoms with Crippen LogP contribution in [0, 0.1) is 0 Å². The highest BCUT2D eigenvalue weighted by molar-refractivity contribution is 5.93. The van der Waals surface area contributed by atoms with Crippen LogP contribution in [0.3, 0.4) is 0 Å². The molecular formula is C32H42N2. The Labute approximate surface area is 206 Å². The third-order valence-electron chi connectivity index (χ3n) is 7.84. The van der Waals surface area contributed by atoms with E-state index >= 15 is 0 Å². The van der Waals surface area contributed by atoms with Gasteiger partial charge in [-0.25, -0.2) is 0 Å². The van der Waals surface area contributed by atoms with Crippen LogP contribution in [-0.2, 0) is 12.0 Å². The minimum absolute atomic E-state index is 0.0324. The summed E-state index contributed by atoms with van der Waals surface area (Å²) in [6, 6.07) is 22.3. The molecule has 0 amide bonds. The molecule has 0 spiro atoms. The van der Waals surface area contributed by atoms with E-state index in [1.807, 2.05) is 0 Å². The van der Waals surface area contributed by atoms with Gasteiger partial charge in [0.1, 0.15) is 0 Å². The van der Waals surface area contributed by atoms with E-state index in [1.165, 1.54) is 97.6 Å². The van der Waals surface area contributed by atoms with Crippen LogP contribution in [0.5, 0.6) is 0 Å². The monoisotopic (exact) mass is 454 g/mol. The van der Waals surface area contributed by atoms with Gasteiger partial charge in [0.15, 0.2) is 0 Å². The lowest BCUT2D eigenvalue weighted by Gasteiger charge is -2.35. The van der Waals surface area contributed by atoms with Crippen molar-refractivity contribution in [2.75, 3.05) is 5.73 Å². The molecule has 0 saturated carbocycles. The molecule has 34 heavy (non-hydrogen) atoms. The summed E-state index contributed by atoms with van der Waals surface area (Å²) in [5.74, 6) is 0. The molecule has 2 nitrogen and oxygen atoms in total. The van der Waals surface area contributed by atoms with E-state index in [4.69, 9.17) is 11.5 Å². The van der Waals surface area contributed by atoms with Crippen molar-refractivity contribution in [2.45, 2.75) is 90.0 Å². The molecule has 0 saturated heterocycles. The van der Waals surface area contributed by atoms with Gasteiger partial charge in [0, 0.05) is 23.2 Å². The van der Waals surface area contributed by atoms with Crippen molar-refractivity contribution in [3.8, 4) is 22.3 Å². The van der Waals surface area contributed by atoms with E-state index in [2.05, 4.69) is 74.5 Å². The first-order valence-corrected chi connectivity index (χ1v) is 13.5. The highest BCUT2D eigenvalue weighted by Gasteiger charge is 2.44. The molecule has 0 fully saturated rings. The molecule has 0 aliphatic heterocycles. The number of rotatable bonds is 12. The molecule has 4 N–H and O–H groups in total. The van der Waals surface area contributed by atoms with Gasteiger partial charge in [0.05, 0.1) is 0 Å². The smallest absolute Gasteiger partial charge is 0.0397 e. The number of fused-ring (bicyclic) bond motifs is 3. The number of hydrogen-bond acceptors (Lipinski definition) is 2. The maximum Gasteiger partial charge on any atom is 0.0397 e. The SMILES string of the molecule is CCCCCCC1(CCCCCC)c2ccccc2-c2ccc(N)c(-c3ccc(CN)cc3)c21. The molecule has 0 unspecified atom stereocenters. The maximum absolute atomic E-state index is 6.78. The molecule has 0 aromatic heterocycles. The van der Waals surface area contributed by atoms with E-state index < -0.39 is 0 Å². The Bertz CT molecular complexity index is 1070. The Kier molecular flexibility index (Phi) is 8.11.